The summed E-state index contributed by atoms with van der Waals surface area (Å²) in [6.07, 6.45) is 0. The van der Waals surface area contributed by atoms with Crippen LogP contribution >= 0.6 is 0 Å². The van der Waals surface area contributed by atoms with Crippen LogP contribution in [0.5, 0.6) is 0 Å². The fraction of sp³-hybridized carbons (Fsp3) is 0.0769. The minimum absolute atomic E-state index is 0.329. The Morgan fingerprint density at radius 2 is 1.61 bits per heavy atom. The Balaban J connectivity index is 2.31. The van der Waals surface area contributed by atoms with E-state index in [1.165, 1.54) is 0 Å². The fourth-order valence-electron chi connectivity index (χ4n) is 1.76. The van der Waals surface area contributed by atoms with E-state index in [9.17, 15) is 8.42 Å². The molecule has 2 aromatic carbocycles. The smallest absolute Gasteiger partial charge is 0.269 e. The molecule has 0 fully saturated rings. The van der Waals surface area contributed by atoms with Gasteiger partial charge in [0.25, 0.3) is 0 Å². The number of nitrogens with one attached hydrogen (secondary N) is 1. The molecule has 0 radical (unpaired) electrons. The Bertz CT molecular complexity index is 648. The second-order valence-electron chi connectivity index (χ2n) is 3.97. The molecule has 2 aromatic rings. The van der Waals surface area contributed by atoms with E-state index in [0.717, 1.165) is 16.7 Å². The Hall–Kier alpha value is -1.85. The summed E-state index contributed by atoms with van der Waals surface area (Å²) < 4.78 is 32.0. The van der Waals surface area contributed by atoms with E-state index in [1.807, 2.05) is 35.9 Å². The lowest BCUT2D eigenvalue weighted by molar-refractivity contribution is 0.490. The predicted octanol–water partition coefficient (Wildman–Crippen LogP) is 2.88. The van der Waals surface area contributed by atoms with Gasteiger partial charge in [0.15, 0.2) is 0 Å². The summed E-state index contributed by atoms with van der Waals surface area (Å²) in [5.74, 6) is 0. The number of hydrogen-bond acceptors (Lipinski definition) is 2. The van der Waals surface area contributed by atoms with Crippen molar-refractivity contribution in [1.82, 2.24) is 0 Å². The molecule has 0 aliphatic carbocycles. The van der Waals surface area contributed by atoms with Gasteiger partial charge in [-0.05, 0) is 35.7 Å². The number of hydrogen-bond donors (Lipinski definition) is 2. The minimum atomic E-state index is -4.21. The molecule has 94 valence electrons. The molecule has 0 spiro atoms. The van der Waals surface area contributed by atoms with Crippen molar-refractivity contribution < 1.29 is 13.0 Å². The first-order chi connectivity index (χ1) is 8.46. The third kappa shape index (κ3) is 3.09. The van der Waals surface area contributed by atoms with Gasteiger partial charge in [-0.15, -0.1) is 0 Å². The molecule has 0 amide bonds. The largest absolute Gasteiger partial charge is 0.357 e. The van der Waals surface area contributed by atoms with Crippen LogP contribution in [-0.4, -0.2) is 13.0 Å². The molecule has 0 saturated heterocycles. The van der Waals surface area contributed by atoms with Crippen LogP contribution in [-0.2, 0) is 10.3 Å². The number of benzene rings is 2. The van der Waals surface area contributed by atoms with Crippen LogP contribution in [0.1, 0.15) is 5.56 Å². The summed E-state index contributed by atoms with van der Waals surface area (Å²) in [5.41, 5.74) is 3.56. The van der Waals surface area contributed by atoms with Crippen LogP contribution < -0.4 is 4.72 Å². The maximum atomic E-state index is 10.7. The molecule has 2 N–H and O–H groups in total. The van der Waals surface area contributed by atoms with Crippen molar-refractivity contribution in [3.05, 3.63) is 54.1 Å². The van der Waals surface area contributed by atoms with Crippen molar-refractivity contribution in [2.75, 3.05) is 4.72 Å². The standard InChI is InChI=1S/C13H13NO3S/c1-10-4-2-3-5-13(10)11-6-8-12(9-7-11)14-18(15,16)17/h2-9,14H,1H3,(H,15,16,17). The molecule has 0 unspecified atom stereocenters. The first-order valence-electron chi connectivity index (χ1n) is 5.37. The zero-order valence-corrected chi connectivity index (χ0v) is 10.6. The van der Waals surface area contributed by atoms with E-state index in [1.54, 1.807) is 24.3 Å². The summed E-state index contributed by atoms with van der Waals surface area (Å²) >= 11 is 0. The molecule has 0 saturated carbocycles. The molecule has 2 rings (SSSR count). The topological polar surface area (TPSA) is 66.4 Å². The van der Waals surface area contributed by atoms with Gasteiger partial charge in [0.05, 0.1) is 5.69 Å². The number of rotatable bonds is 3. The Kier molecular flexibility index (Phi) is 3.36. The summed E-state index contributed by atoms with van der Waals surface area (Å²) in [6, 6.07) is 14.7. The molecule has 18 heavy (non-hydrogen) atoms. The van der Waals surface area contributed by atoms with E-state index < -0.39 is 10.3 Å². The van der Waals surface area contributed by atoms with E-state index in [4.69, 9.17) is 4.55 Å². The SMILES string of the molecule is Cc1ccccc1-c1ccc(NS(=O)(=O)O)cc1. The molecule has 0 aliphatic heterocycles. The summed E-state index contributed by atoms with van der Waals surface area (Å²) in [6.45, 7) is 2.01. The first kappa shape index (κ1) is 12.6. The second kappa shape index (κ2) is 4.80. The third-order valence-corrected chi connectivity index (χ3v) is 3.08. The highest BCUT2D eigenvalue weighted by Gasteiger charge is 2.05. The zero-order valence-electron chi connectivity index (χ0n) is 9.79. The van der Waals surface area contributed by atoms with Gasteiger partial charge < -0.3 is 0 Å². The van der Waals surface area contributed by atoms with Crippen LogP contribution in [0.4, 0.5) is 5.69 Å². The van der Waals surface area contributed by atoms with Crippen molar-refractivity contribution in [2.24, 2.45) is 0 Å². The Labute approximate surface area is 106 Å². The van der Waals surface area contributed by atoms with Crippen molar-refractivity contribution in [1.29, 1.82) is 0 Å². The van der Waals surface area contributed by atoms with Crippen LogP contribution in [0.3, 0.4) is 0 Å². The Morgan fingerprint density at radius 1 is 1.00 bits per heavy atom. The van der Waals surface area contributed by atoms with Crippen LogP contribution in [0, 0.1) is 6.92 Å². The molecule has 0 aromatic heterocycles. The molecule has 0 bridgehead atoms. The fourth-order valence-corrected chi connectivity index (χ4v) is 2.20. The third-order valence-electron chi connectivity index (χ3n) is 2.59. The monoisotopic (exact) mass is 263 g/mol. The molecule has 0 heterocycles. The zero-order chi connectivity index (χ0) is 13.2. The van der Waals surface area contributed by atoms with E-state index >= 15 is 0 Å². The number of aryl methyl sites for hydroxylation is 1. The van der Waals surface area contributed by atoms with Gasteiger partial charge in [0, 0.05) is 0 Å². The molecule has 0 atom stereocenters. The average Bonchev–Trinajstić information content (AvgIpc) is 2.29. The van der Waals surface area contributed by atoms with Gasteiger partial charge >= 0.3 is 10.3 Å². The highest BCUT2D eigenvalue weighted by atomic mass is 32.2. The lowest BCUT2D eigenvalue weighted by atomic mass is 10.0. The maximum Gasteiger partial charge on any atom is 0.357 e. The van der Waals surface area contributed by atoms with Crippen LogP contribution in [0.15, 0.2) is 48.5 Å². The molecule has 0 aliphatic rings. The van der Waals surface area contributed by atoms with Gasteiger partial charge in [-0.2, -0.15) is 8.42 Å². The van der Waals surface area contributed by atoms with E-state index in [2.05, 4.69) is 0 Å². The van der Waals surface area contributed by atoms with Crippen molar-refractivity contribution in [3.63, 3.8) is 0 Å². The summed E-state index contributed by atoms with van der Waals surface area (Å²) in [5, 5.41) is 0. The van der Waals surface area contributed by atoms with Crippen molar-refractivity contribution in [3.8, 4) is 11.1 Å². The minimum Gasteiger partial charge on any atom is -0.269 e. The first-order valence-corrected chi connectivity index (χ1v) is 6.81. The lowest BCUT2D eigenvalue weighted by Crippen LogP contribution is -2.09. The summed E-state index contributed by atoms with van der Waals surface area (Å²) in [7, 11) is -4.21. The van der Waals surface area contributed by atoms with Crippen molar-refractivity contribution >= 4 is 16.0 Å². The second-order valence-corrected chi connectivity index (χ2v) is 5.12. The van der Waals surface area contributed by atoms with Crippen LogP contribution in [0.2, 0.25) is 0 Å². The van der Waals surface area contributed by atoms with Gasteiger partial charge in [-0.3, -0.25) is 9.27 Å². The average molecular weight is 263 g/mol. The lowest BCUT2D eigenvalue weighted by Gasteiger charge is -2.07. The van der Waals surface area contributed by atoms with Gasteiger partial charge in [-0.25, -0.2) is 0 Å². The van der Waals surface area contributed by atoms with E-state index in [-0.39, 0.29) is 0 Å². The Morgan fingerprint density at radius 3 is 2.17 bits per heavy atom. The molecule has 4 nitrogen and oxygen atoms in total. The molecular formula is C13H13NO3S. The predicted molar refractivity (Wildman–Crippen MR) is 71.8 cm³/mol. The van der Waals surface area contributed by atoms with Crippen LogP contribution in [0.25, 0.3) is 11.1 Å². The number of anilines is 1. The highest BCUT2D eigenvalue weighted by molar-refractivity contribution is 7.87. The normalized spacial score (nSPS) is 11.2. The summed E-state index contributed by atoms with van der Waals surface area (Å²) in [4.78, 5) is 0. The van der Waals surface area contributed by atoms with Gasteiger partial charge in [0.1, 0.15) is 0 Å². The maximum absolute atomic E-state index is 10.7. The van der Waals surface area contributed by atoms with Gasteiger partial charge in [0.2, 0.25) is 0 Å². The highest BCUT2D eigenvalue weighted by Crippen LogP contribution is 2.24. The van der Waals surface area contributed by atoms with Gasteiger partial charge in [-0.1, -0.05) is 36.4 Å². The quantitative estimate of drug-likeness (QED) is 0.837. The van der Waals surface area contributed by atoms with E-state index in [0.29, 0.717) is 5.69 Å². The molecular weight excluding hydrogens is 250 g/mol. The van der Waals surface area contributed by atoms with Crippen molar-refractivity contribution in [2.45, 2.75) is 6.92 Å². The molecule has 5 heteroatoms.